The first kappa shape index (κ1) is 21.5. The topological polar surface area (TPSA) is 89.7 Å². The number of aromatic nitrogens is 4. The zero-order valence-corrected chi connectivity index (χ0v) is 17.0. The number of alkyl halides is 3. The highest BCUT2D eigenvalue weighted by Crippen LogP contribution is 2.32. The van der Waals surface area contributed by atoms with Crippen LogP contribution in [0.3, 0.4) is 0 Å². The van der Waals surface area contributed by atoms with Gasteiger partial charge in [-0.25, -0.2) is 17.8 Å². The third-order valence-corrected chi connectivity index (χ3v) is 6.23. The lowest BCUT2D eigenvalue weighted by Gasteiger charge is -2.20. The fourth-order valence-corrected chi connectivity index (χ4v) is 4.05. The van der Waals surface area contributed by atoms with Crippen LogP contribution in [-0.2, 0) is 16.2 Å². The van der Waals surface area contributed by atoms with E-state index in [2.05, 4.69) is 15.1 Å². The molecule has 0 aliphatic carbocycles. The first-order valence-corrected chi connectivity index (χ1v) is 10.3. The lowest BCUT2D eigenvalue weighted by Crippen LogP contribution is -2.27. The van der Waals surface area contributed by atoms with Crippen molar-refractivity contribution in [3.63, 3.8) is 0 Å². The smallest absolute Gasteiger partial charge is 0.433 e. The lowest BCUT2D eigenvalue weighted by atomic mass is 10.3. The average molecular weight is 467 g/mol. The highest BCUT2D eigenvalue weighted by molar-refractivity contribution is 7.92. The second kappa shape index (κ2) is 7.75. The van der Waals surface area contributed by atoms with Crippen molar-refractivity contribution in [3.05, 3.63) is 72.4 Å². The minimum absolute atomic E-state index is 0.0987. The summed E-state index contributed by atoms with van der Waals surface area (Å²) in [5.74, 6) is -1.39. The van der Waals surface area contributed by atoms with Crippen LogP contribution in [0, 0.1) is 5.82 Å². The van der Waals surface area contributed by atoms with Crippen LogP contribution in [0.25, 0.3) is 5.78 Å². The summed E-state index contributed by atoms with van der Waals surface area (Å²) in [5.41, 5.74) is -1.03. The van der Waals surface area contributed by atoms with Crippen LogP contribution < -0.4 is 9.04 Å². The van der Waals surface area contributed by atoms with Gasteiger partial charge in [-0.3, -0.25) is 4.31 Å². The van der Waals surface area contributed by atoms with Crippen molar-refractivity contribution in [3.8, 4) is 11.6 Å². The Kier molecular flexibility index (Phi) is 5.20. The van der Waals surface area contributed by atoms with E-state index in [9.17, 15) is 26.0 Å². The second-order valence-electron chi connectivity index (χ2n) is 6.45. The number of nitrogens with zero attached hydrogens (tertiary/aromatic N) is 5. The van der Waals surface area contributed by atoms with Gasteiger partial charge in [-0.05, 0) is 36.4 Å². The highest BCUT2D eigenvalue weighted by atomic mass is 32.2. The van der Waals surface area contributed by atoms with Crippen molar-refractivity contribution in [2.75, 3.05) is 11.4 Å². The third-order valence-electron chi connectivity index (χ3n) is 4.41. The van der Waals surface area contributed by atoms with E-state index in [-0.39, 0.29) is 23.1 Å². The fraction of sp³-hybridized carbons (Fsp3) is 0.105. The van der Waals surface area contributed by atoms with E-state index in [1.165, 1.54) is 43.4 Å². The van der Waals surface area contributed by atoms with Gasteiger partial charge in [-0.1, -0.05) is 12.1 Å². The van der Waals surface area contributed by atoms with E-state index >= 15 is 0 Å². The van der Waals surface area contributed by atoms with Gasteiger partial charge in [0.05, 0.1) is 5.69 Å². The molecular formula is C19H13F4N5O3S. The van der Waals surface area contributed by atoms with Crippen LogP contribution in [-0.4, -0.2) is 35.0 Å². The van der Waals surface area contributed by atoms with Crippen molar-refractivity contribution < 1.29 is 30.7 Å². The van der Waals surface area contributed by atoms with Gasteiger partial charge >= 0.3 is 6.18 Å². The minimum atomic E-state index is -4.72. The minimum Gasteiger partial charge on any atom is -0.439 e. The number of ether oxygens (including phenoxy) is 1. The van der Waals surface area contributed by atoms with Gasteiger partial charge in [0.1, 0.15) is 22.8 Å². The Morgan fingerprint density at radius 1 is 1.06 bits per heavy atom. The zero-order valence-electron chi connectivity index (χ0n) is 16.2. The zero-order chi connectivity index (χ0) is 23.1. The molecule has 32 heavy (non-hydrogen) atoms. The van der Waals surface area contributed by atoms with Crippen molar-refractivity contribution in [1.29, 1.82) is 0 Å². The Labute approximate surface area is 178 Å². The van der Waals surface area contributed by atoms with Gasteiger partial charge in [0.15, 0.2) is 5.69 Å². The van der Waals surface area contributed by atoms with Gasteiger partial charge in [0, 0.05) is 13.1 Å². The van der Waals surface area contributed by atoms with Crippen LogP contribution in [0.2, 0.25) is 0 Å². The third kappa shape index (κ3) is 3.93. The number of sulfonamides is 1. The summed E-state index contributed by atoms with van der Waals surface area (Å²) < 4.78 is 86.0. The molecule has 0 amide bonds. The second-order valence-corrected chi connectivity index (χ2v) is 8.39. The van der Waals surface area contributed by atoms with E-state index < -0.39 is 32.6 Å². The number of rotatable bonds is 5. The molecule has 0 unspecified atom stereocenters. The molecule has 2 heterocycles. The number of halogens is 4. The first-order chi connectivity index (χ1) is 15.1. The molecule has 0 saturated heterocycles. The monoisotopic (exact) mass is 467 g/mol. The van der Waals surface area contributed by atoms with E-state index in [0.717, 1.165) is 27.3 Å². The average Bonchev–Trinajstić information content (AvgIpc) is 3.22. The van der Waals surface area contributed by atoms with Crippen molar-refractivity contribution >= 4 is 21.5 Å². The first-order valence-electron chi connectivity index (χ1n) is 8.87. The van der Waals surface area contributed by atoms with Gasteiger partial charge in [-0.15, -0.1) is 0 Å². The van der Waals surface area contributed by atoms with E-state index in [0.29, 0.717) is 6.07 Å². The molecule has 0 aliphatic rings. The Balaban J connectivity index is 1.63. The van der Waals surface area contributed by atoms with Gasteiger partial charge in [0.2, 0.25) is 5.88 Å². The lowest BCUT2D eigenvalue weighted by molar-refractivity contribution is -0.141. The maximum Gasteiger partial charge on any atom is 0.433 e. The molecule has 0 spiro atoms. The summed E-state index contributed by atoms with van der Waals surface area (Å²) >= 11 is 0. The van der Waals surface area contributed by atoms with Crippen LogP contribution >= 0.6 is 0 Å². The standard InChI is InChI=1S/C19H13F4N5O3S/c1-27(32(29,30)15-5-3-2-4-14(15)20)12-6-8-13(9-7-12)31-17-10-16(19(21,22)23)26-18-24-11-25-28(17)18/h2-11H,1H3. The molecule has 0 N–H and O–H groups in total. The van der Waals surface area contributed by atoms with E-state index in [1.54, 1.807) is 0 Å². The number of anilines is 1. The molecule has 0 atom stereocenters. The van der Waals surface area contributed by atoms with E-state index in [1.807, 2.05) is 0 Å². The molecule has 0 aliphatic heterocycles. The van der Waals surface area contributed by atoms with Crippen molar-refractivity contribution in [1.82, 2.24) is 19.6 Å². The van der Waals surface area contributed by atoms with Gasteiger partial charge < -0.3 is 4.74 Å². The van der Waals surface area contributed by atoms with Crippen LogP contribution in [0.15, 0.2) is 65.8 Å². The molecule has 13 heteroatoms. The molecule has 0 fully saturated rings. The molecule has 0 bridgehead atoms. The highest BCUT2D eigenvalue weighted by Gasteiger charge is 2.34. The van der Waals surface area contributed by atoms with Crippen LogP contribution in [0.5, 0.6) is 11.6 Å². The summed E-state index contributed by atoms with van der Waals surface area (Å²) in [4.78, 5) is 6.55. The van der Waals surface area contributed by atoms with E-state index in [4.69, 9.17) is 4.74 Å². The van der Waals surface area contributed by atoms with Crippen molar-refractivity contribution in [2.24, 2.45) is 0 Å². The predicted molar refractivity (Wildman–Crippen MR) is 104 cm³/mol. The molecule has 166 valence electrons. The number of hydrogen-bond donors (Lipinski definition) is 0. The predicted octanol–water partition coefficient (Wildman–Crippen LogP) is 3.90. The quantitative estimate of drug-likeness (QED) is 0.414. The molecule has 0 radical (unpaired) electrons. The summed E-state index contributed by atoms with van der Waals surface area (Å²) in [6.07, 6.45) is -3.69. The molecular weight excluding hydrogens is 454 g/mol. The maximum atomic E-state index is 14.0. The van der Waals surface area contributed by atoms with Crippen molar-refractivity contribution in [2.45, 2.75) is 11.1 Å². The summed E-state index contributed by atoms with van der Waals surface area (Å²) in [6, 6.07) is 11.0. The Morgan fingerprint density at radius 3 is 2.41 bits per heavy atom. The number of hydrogen-bond acceptors (Lipinski definition) is 6. The molecule has 2 aromatic carbocycles. The Hall–Kier alpha value is -3.74. The van der Waals surface area contributed by atoms with Gasteiger partial charge in [0.25, 0.3) is 15.8 Å². The van der Waals surface area contributed by atoms with Gasteiger partial charge in [-0.2, -0.15) is 27.8 Å². The summed E-state index contributed by atoms with van der Waals surface area (Å²) in [6.45, 7) is 0. The molecule has 2 aromatic heterocycles. The molecule has 8 nitrogen and oxygen atoms in total. The molecule has 4 aromatic rings. The molecule has 0 saturated carbocycles. The number of benzene rings is 2. The largest absolute Gasteiger partial charge is 0.439 e. The molecule has 4 rings (SSSR count). The SMILES string of the molecule is CN(c1ccc(Oc2cc(C(F)(F)F)nc3ncnn23)cc1)S(=O)(=O)c1ccccc1F. The Bertz CT molecular complexity index is 1390. The normalized spacial score (nSPS) is 12.2. The Morgan fingerprint density at radius 2 is 1.75 bits per heavy atom. The summed E-state index contributed by atoms with van der Waals surface area (Å²) in [5, 5.41) is 3.79. The van der Waals surface area contributed by atoms with Crippen LogP contribution in [0.1, 0.15) is 5.69 Å². The fourth-order valence-electron chi connectivity index (χ4n) is 2.79. The summed E-state index contributed by atoms with van der Waals surface area (Å²) in [7, 11) is -2.93. The number of fused-ring (bicyclic) bond motifs is 1. The van der Waals surface area contributed by atoms with Crippen LogP contribution in [0.4, 0.5) is 23.2 Å². The maximum absolute atomic E-state index is 14.0.